The lowest BCUT2D eigenvalue weighted by molar-refractivity contribution is 0.0693. The molecule has 3 aromatic heterocycles. The van der Waals surface area contributed by atoms with E-state index in [-0.39, 0.29) is 5.91 Å². The van der Waals surface area contributed by atoms with Gasteiger partial charge in [-0.2, -0.15) is 0 Å². The van der Waals surface area contributed by atoms with Crippen molar-refractivity contribution in [2.75, 3.05) is 6.54 Å². The Bertz CT molecular complexity index is 843. The van der Waals surface area contributed by atoms with Crippen molar-refractivity contribution in [1.29, 1.82) is 0 Å². The second-order valence-corrected chi connectivity index (χ2v) is 5.87. The average Bonchev–Trinajstić information content (AvgIpc) is 3.32. The monoisotopic (exact) mass is 338 g/mol. The van der Waals surface area contributed by atoms with Crippen molar-refractivity contribution in [2.45, 2.75) is 26.3 Å². The lowest BCUT2D eigenvalue weighted by atomic mass is 10.2. The van der Waals surface area contributed by atoms with Crippen LogP contribution in [0.3, 0.4) is 0 Å². The fourth-order valence-electron chi connectivity index (χ4n) is 2.86. The summed E-state index contributed by atoms with van der Waals surface area (Å²) < 4.78 is 7.58. The highest BCUT2D eigenvalue weighted by Gasteiger charge is 2.26. The van der Waals surface area contributed by atoms with Crippen molar-refractivity contribution in [3.8, 4) is 0 Å². The normalized spacial score (nSPS) is 13.7. The molecule has 1 aliphatic rings. The molecule has 0 aromatic carbocycles. The number of amides is 1. The molecule has 3 aromatic rings. The Kier molecular flexibility index (Phi) is 4.26. The number of rotatable bonds is 5. The van der Waals surface area contributed by atoms with E-state index < -0.39 is 0 Å². The lowest BCUT2D eigenvalue weighted by Crippen LogP contribution is -2.39. The van der Waals surface area contributed by atoms with Gasteiger partial charge in [-0.05, 0) is 23.8 Å². The van der Waals surface area contributed by atoms with Crippen molar-refractivity contribution in [3.05, 3.63) is 65.5 Å². The van der Waals surface area contributed by atoms with Crippen LogP contribution in [0.4, 0.5) is 0 Å². The number of hydrogen-bond acceptors (Lipinski definition) is 5. The molecule has 8 heteroatoms. The largest absolute Gasteiger partial charge is 0.370 e. The molecule has 8 nitrogen and oxygen atoms in total. The van der Waals surface area contributed by atoms with Crippen LogP contribution < -0.4 is 0 Å². The number of ether oxygens (including phenoxy) is 1. The number of hydrogen-bond donors (Lipinski definition) is 1. The summed E-state index contributed by atoms with van der Waals surface area (Å²) in [5.41, 5.74) is 3.30. The van der Waals surface area contributed by atoms with Gasteiger partial charge >= 0.3 is 0 Å². The predicted octanol–water partition coefficient (Wildman–Crippen LogP) is 1.37. The Balaban J connectivity index is 1.41. The smallest absolute Gasteiger partial charge is 0.270 e. The van der Waals surface area contributed by atoms with Gasteiger partial charge in [0.2, 0.25) is 0 Å². The maximum absolute atomic E-state index is 12.5. The molecule has 1 aliphatic heterocycles. The maximum Gasteiger partial charge on any atom is 0.270 e. The summed E-state index contributed by atoms with van der Waals surface area (Å²) in [5, 5.41) is 8.38. The second-order valence-electron chi connectivity index (χ2n) is 5.87. The third-order valence-electron chi connectivity index (χ3n) is 4.19. The van der Waals surface area contributed by atoms with Gasteiger partial charge < -0.3 is 14.6 Å². The van der Waals surface area contributed by atoms with E-state index in [1.54, 1.807) is 29.6 Å². The van der Waals surface area contributed by atoms with E-state index >= 15 is 0 Å². The third kappa shape index (κ3) is 3.29. The number of nitrogens with zero attached hydrogens (tertiary/aromatic N) is 5. The molecule has 0 bridgehead atoms. The van der Waals surface area contributed by atoms with Crippen LogP contribution in [0.5, 0.6) is 0 Å². The fourth-order valence-corrected chi connectivity index (χ4v) is 2.86. The molecule has 128 valence electrons. The minimum absolute atomic E-state index is 0.0142. The van der Waals surface area contributed by atoms with Gasteiger partial charge in [-0.15, -0.1) is 5.10 Å². The summed E-state index contributed by atoms with van der Waals surface area (Å²) in [5.74, 6) is -0.0142. The molecule has 1 N–H and O–H groups in total. The van der Waals surface area contributed by atoms with Gasteiger partial charge in [-0.1, -0.05) is 11.3 Å². The molecule has 0 aliphatic carbocycles. The first-order chi connectivity index (χ1) is 12.3. The standard InChI is InChI=1S/C17H18N6O2/c24-17(14-4-2-6-19-14)22-7-8-23-16(10-22)15(20-21-23)12-25-11-13-3-1-5-18-9-13/h1-6,9,19H,7-8,10-12H2. The molecule has 1 amide bonds. The quantitative estimate of drug-likeness (QED) is 0.759. The number of H-pyrrole nitrogens is 1. The molecular weight excluding hydrogens is 320 g/mol. The minimum Gasteiger partial charge on any atom is -0.370 e. The SMILES string of the molecule is O=C(c1ccc[nH]1)N1CCn2nnc(COCc3cccnc3)c2C1. The van der Waals surface area contributed by atoms with Gasteiger partial charge in [0.05, 0.1) is 32.0 Å². The second kappa shape index (κ2) is 6.86. The van der Waals surface area contributed by atoms with Gasteiger partial charge in [-0.25, -0.2) is 4.68 Å². The third-order valence-corrected chi connectivity index (χ3v) is 4.19. The maximum atomic E-state index is 12.5. The number of carbonyl (C=O) groups excluding carboxylic acids is 1. The number of aromatic amines is 1. The molecule has 0 radical (unpaired) electrons. The van der Waals surface area contributed by atoms with Crippen LogP contribution in [0.1, 0.15) is 27.4 Å². The molecule has 0 saturated carbocycles. The van der Waals surface area contributed by atoms with Crippen molar-refractivity contribution < 1.29 is 9.53 Å². The van der Waals surface area contributed by atoms with E-state index in [2.05, 4.69) is 20.3 Å². The first-order valence-electron chi connectivity index (χ1n) is 8.12. The Morgan fingerprint density at radius 1 is 1.24 bits per heavy atom. The van der Waals surface area contributed by atoms with E-state index in [0.717, 1.165) is 17.0 Å². The number of aromatic nitrogens is 5. The van der Waals surface area contributed by atoms with Gasteiger partial charge in [0.25, 0.3) is 5.91 Å². The molecule has 0 fully saturated rings. The van der Waals surface area contributed by atoms with Crippen LogP contribution in [0, 0.1) is 0 Å². The Morgan fingerprint density at radius 2 is 2.20 bits per heavy atom. The number of carbonyl (C=O) groups is 1. The van der Waals surface area contributed by atoms with Crippen molar-refractivity contribution in [1.82, 2.24) is 29.9 Å². The molecule has 0 atom stereocenters. The topological polar surface area (TPSA) is 88.9 Å². The summed E-state index contributed by atoms with van der Waals surface area (Å²) in [6, 6.07) is 7.44. The zero-order chi connectivity index (χ0) is 17.1. The van der Waals surface area contributed by atoms with E-state index in [1.807, 2.05) is 22.9 Å². The first kappa shape index (κ1) is 15.5. The van der Waals surface area contributed by atoms with Crippen molar-refractivity contribution in [3.63, 3.8) is 0 Å². The highest BCUT2D eigenvalue weighted by molar-refractivity contribution is 5.92. The molecule has 0 saturated heterocycles. The fraction of sp³-hybridized carbons (Fsp3) is 0.294. The van der Waals surface area contributed by atoms with Gasteiger partial charge in [0, 0.05) is 25.1 Å². The van der Waals surface area contributed by atoms with E-state index in [0.29, 0.717) is 38.5 Å². The van der Waals surface area contributed by atoms with Gasteiger partial charge in [0.1, 0.15) is 11.4 Å². The molecule has 4 heterocycles. The summed E-state index contributed by atoms with van der Waals surface area (Å²) in [6.07, 6.45) is 5.26. The minimum atomic E-state index is -0.0142. The lowest BCUT2D eigenvalue weighted by Gasteiger charge is -2.27. The van der Waals surface area contributed by atoms with Crippen LogP contribution in [0.15, 0.2) is 42.9 Å². The zero-order valence-electron chi connectivity index (χ0n) is 13.6. The van der Waals surface area contributed by atoms with Crippen LogP contribution in [-0.2, 0) is 31.0 Å². The average molecular weight is 338 g/mol. The van der Waals surface area contributed by atoms with Crippen LogP contribution >= 0.6 is 0 Å². The zero-order valence-corrected chi connectivity index (χ0v) is 13.6. The Hall–Kier alpha value is -3.00. The Morgan fingerprint density at radius 3 is 3.00 bits per heavy atom. The molecular formula is C17H18N6O2. The number of nitrogens with one attached hydrogen (secondary N) is 1. The predicted molar refractivity (Wildman–Crippen MR) is 88.3 cm³/mol. The van der Waals surface area contributed by atoms with E-state index in [4.69, 9.17) is 4.74 Å². The highest BCUT2D eigenvalue weighted by atomic mass is 16.5. The van der Waals surface area contributed by atoms with Crippen molar-refractivity contribution >= 4 is 5.91 Å². The molecule has 0 unspecified atom stereocenters. The van der Waals surface area contributed by atoms with E-state index in [9.17, 15) is 4.79 Å². The van der Waals surface area contributed by atoms with Crippen molar-refractivity contribution in [2.24, 2.45) is 0 Å². The van der Waals surface area contributed by atoms with Crippen LogP contribution in [0.25, 0.3) is 0 Å². The molecule has 0 spiro atoms. The molecule has 25 heavy (non-hydrogen) atoms. The van der Waals surface area contributed by atoms with E-state index in [1.165, 1.54) is 0 Å². The highest BCUT2D eigenvalue weighted by Crippen LogP contribution is 2.17. The Labute approximate surface area is 144 Å². The number of pyridine rings is 1. The summed E-state index contributed by atoms with van der Waals surface area (Å²) in [4.78, 5) is 21.3. The summed E-state index contributed by atoms with van der Waals surface area (Å²) in [6.45, 7) is 2.55. The molecule has 4 rings (SSSR count). The summed E-state index contributed by atoms with van der Waals surface area (Å²) >= 11 is 0. The van der Waals surface area contributed by atoms with Crippen LogP contribution in [-0.4, -0.2) is 42.3 Å². The van der Waals surface area contributed by atoms with Gasteiger partial charge in [0.15, 0.2) is 0 Å². The van der Waals surface area contributed by atoms with Crippen LogP contribution in [0.2, 0.25) is 0 Å². The number of fused-ring (bicyclic) bond motifs is 1. The summed E-state index contributed by atoms with van der Waals surface area (Å²) in [7, 11) is 0. The first-order valence-corrected chi connectivity index (χ1v) is 8.12. The van der Waals surface area contributed by atoms with Gasteiger partial charge in [-0.3, -0.25) is 9.78 Å².